The van der Waals surface area contributed by atoms with Crippen molar-refractivity contribution >= 4 is 25.0 Å². The molecule has 3 N–H and O–H groups in total. The van der Waals surface area contributed by atoms with Crippen LogP contribution in [-0.4, -0.2) is 39.2 Å². The van der Waals surface area contributed by atoms with E-state index in [0.717, 1.165) is 17.3 Å². The Morgan fingerprint density at radius 1 is 1.63 bits per heavy atom. The van der Waals surface area contributed by atoms with Gasteiger partial charge in [-0.05, 0) is 25.0 Å². The van der Waals surface area contributed by atoms with Crippen LogP contribution in [0.15, 0.2) is 18.2 Å². The Morgan fingerprint density at radius 3 is 2.84 bits per heavy atom. The molecule has 1 heterocycles. The third kappa shape index (κ3) is 4.59. The first kappa shape index (κ1) is 15.6. The molecule has 5 nitrogen and oxygen atoms in total. The van der Waals surface area contributed by atoms with Gasteiger partial charge in [-0.2, -0.15) is 0 Å². The van der Waals surface area contributed by atoms with Crippen molar-refractivity contribution in [2.75, 3.05) is 13.6 Å². The smallest absolute Gasteiger partial charge is 0.330 e. The molecule has 0 aliphatic carbocycles. The zero-order valence-electron chi connectivity index (χ0n) is 11.2. The number of carbonyl (C=O) groups is 2. The molecule has 2 rings (SSSR count). The quantitative estimate of drug-likeness (QED) is 0.558. The van der Waals surface area contributed by atoms with Crippen molar-refractivity contribution in [3.63, 3.8) is 0 Å². The van der Waals surface area contributed by atoms with Crippen LogP contribution in [0.5, 0.6) is 0 Å². The van der Waals surface area contributed by atoms with Crippen LogP contribution in [0.3, 0.4) is 0 Å². The van der Waals surface area contributed by atoms with Gasteiger partial charge in [-0.25, -0.2) is 0 Å². The van der Waals surface area contributed by atoms with Gasteiger partial charge >= 0.3 is 7.48 Å². The molecule has 0 fully saturated rings. The van der Waals surface area contributed by atoms with Crippen molar-refractivity contribution in [1.82, 2.24) is 5.32 Å². The molecule has 19 heavy (non-hydrogen) atoms. The predicted octanol–water partition coefficient (Wildman–Crippen LogP) is -0.604. The van der Waals surface area contributed by atoms with Crippen molar-refractivity contribution in [3.05, 3.63) is 29.3 Å². The van der Waals surface area contributed by atoms with Crippen LogP contribution in [0.1, 0.15) is 22.8 Å². The maximum Gasteiger partial charge on any atom is 0.330 e. The van der Waals surface area contributed by atoms with Crippen LogP contribution < -0.4 is 16.5 Å². The van der Waals surface area contributed by atoms with E-state index in [1.807, 2.05) is 12.1 Å². The molecule has 1 atom stereocenters. The van der Waals surface area contributed by atoms with E-state index in [2.05, 4.69) is 5.32 Å². The van der Waals surface area contributed by atoms with Crippen LogP contribution in [0.2, 0.25) is 0 Å². The summed E-state index contributed by atoms with van der Waals surface area (Å²) in [7, 11) is 3.40. The topological polar surface area (TPSA) is 81.4 Å². The van der Waals surface area contributed by atoms with Gasteiger partial charge in [0.1, 0.15) is 12.1 Å². The van der Waals surface area contributed by atoms with Gasteiger partial charge in [0.05, 0.1) is 12.6 Å². The second-order valence-corrected chi connectivity index (χ2v) is 4.19. The number of fused-ring (bicyclic) bond motifs is 1. The molecule has 0 bridgehead atoms. The number of carbonyl (C=O) groups excluding carboxylic acids is 2. The van der Waals surface area contributed by atoms with Crippen molar-refractivity contribution in [2.45, 2.75) is 19.6 Å². The molecule has 1 radical (unpaired) electrons. The highest BCUT2D eigenvalue weighted by Gasteiger charge is 2.12. The average Bonchev–Trinajstić information content (AvgIpc) is 2.87. The van der Waals surface area contributed by atoms with E-state index in [4.69, 9.17) is 10.4 Å². The molecule has 6 heteroatoms. The molecule has 0 aromatic heterocycles. The van der Waals surface area contributed by atoms with Gasteiger partial charge in [0.15, 0.2) is 0 Å². The minimum Gasteiger partial charge on any atom is -0.430 e. The molecular weight excluding hydrogens is 243 g/mol. The highest BCUT2D eigenvalue weighted by atomic mass is 16.4. The summed E-state index contributed by atoms with van der Waals surface area (Å²) in [6.07, 6.45) is 0.840. The predicted molar refractivity (Wildman–Crippen MR) is 74.6 cm³/mol. The van der Waals surface area contributed by atoms with Crippen molar-refractivity contribution in [2.24, 2.45) is 5.73 Å². The molecular formula is C13H18BN2O3. The van der Waals surface area contributed by atoms with Crippen LogP contribution in [0.25, 0.3) is 0 Å². The maximum atomic E-state index is 10.5. The Hall–Kier alpha value is -1.50. The lowest BCUT2D eigenvalue weighted by atomic mass is 9.86. The fourth-order valence-electron chi connectivity index (χ4n) is 1.64. The molecule has 101 valence electrons. The molecule has 0 amide bonds. The minimum atomic E-state index is -0.157. The molecule has 1 aromatic rings. The summed E-state index contributed by atoms with van der Waals surface area (Å²) in [5.74, 6) is 0.0926. The molecule has 1 aliphatic rings. The van der Waals surface area contributed by atoms with E-state index >= 15 is 0 Å². The van der Waals surface area contributed by atoms with E-state index in [1.165, 1.54) is 6.92 Å². The van der Waals surface area contributed by atoms with Crippen molar-refractivity contribution in [3.8, 4) is 0 Å². The van der Waals surface area contributed by atoms with E-state index in [-0.39, 0.29) is 11.8 Å². The third-order valence-electron chi connectivity index (χ3n) is 2.83. The summed E-state index contributed by atoms with van der Waals surface area (Å²) in [6.45, 7) is 2.54. The number of Topliss-reactive ketones (excluding diaryl/α,β-unsaturated/α-hetero) is 1. The van der Waals surface area contributed by atoms with E-state index in [9.17, 15) is 9.59 Å². The second-order valence-electron chi connectivity index (χ2n) is 4.19. The lowest BCUT2D eigenvalue weighted by molar-refractivity contribution is -0.118. The number of nitrogens with one attached hydrogen (secondary N) is 1. The standard InChI is InChI=1S/C8H6BO2.C5H12N2O/c10-4-6-1-2-7-5-11-9-8(7)3-6;1-4(8)5(3-6)7-2/h1-4H,5H2;5,7H,3,6H2,1-2H3. The van der Waals surface area contributed by atoms with Gasteiger partial charge in [0, 0.05) is 12.1 Å². The van der Waals surface area contributed by atoms with E-state index < -0.39 is 0 Å². The largest absolute Gasteiger partial charge is 0.430 e. The molecule has 0 spiro atoms. The first-order valence-electron chi connectivity index (χ1n) is 6.03. The number of likely N-dealkylation sites (N-methyl/N-ethyl adjacent to an activating group) is 1. The highest BCUT2D eigenvalue weighted by molar-refractivity contribution is 6.49. The number of aldehydes is 1. The van der Waals surface area contributed by atoms with Gasteiger partial charge in [0.2, 0.25) is 0 Å². The summed E-state index contributed by atoms with van der Waals surface area (Å²) in [6, 6.07) is 5.39. The van der Waals surface area contributed by atoms with Crippen LogP contribution in [-0.2, 0) is 16.1 Å². The number of benzene rings is 1. The van der Waals surface area contributed by atoms with Gasteiger partial charge in [-0.15, -0.1) is 0 Å². The summed E-state index contributed by atoms with van der Waals surface area (Å²) in [5, 5.41) is 2.78. The van der Waals surface area contributed by atoms with Gasteiger partial charge in [0.25, 0.3) is 0 Å². The fraction of sp³-hybridized carbons (Fsp3) is 0.385. The number of hydrogen-bond donors (Lipinski definition) is 2. The Balaban J connectivity index is 0.000000203. The molecule has 1 aliphatic heterocycles. The monoisotopic (exact) mass is 261 g/mol. The SMILES string of the molecule is CNC(CN)C(C)=O.O=Cc1ccc2c(c1)[B]OC2. The number of nitrogens with two attached hydrogens (primary N) is 1. The fourth-order valence-corrected chi connectivity index (χ4v) is 1.64. The lowest BCUT2D eigenvalue weighted by Gasteiger charge is -2.07. The van der Waals surface area contributed by atoms with Crippen LogP contribution in [0, 0.1) is 0 Å². The minimum absolute atomic E-state index is 0.0926. The summed E-state index contributed by atoms with van der Waals surface area (Å²) in [5.41, 5.74) is 8.07. The van der Waals surface area contributed by atoms with Gasteiger partial charge in [-0.3, -0.25) is 9.59 Å². The zero-order chi connectivity index (χ0) is 14.3. The Kier molecular flexibility index (Phi) is 6.42. The van der Waals surface area contributed by atoms with Crippen LogP contribution in [0.4, 0.5) is 0 Å². The molecule has 0 saturated carbocycles. The highest BCUT2D eigenvalue weighted by Crippen LogP contribution is 2.06. The lowest BCUT2D eigenvalue weighted by Crippen LogP contribution is -2.39. The maximum absolute atomic E-state index is 10.5. The van der Waals surface area contributed by atoms with E-state index in [0.29, 0.717) is 18.7 Å². The molecule has 0 saturated heterocycles. The normalized spacial score (nSPS) is 13.6. The van der Waals surface area contributed by atoms with Crippen molar-refractivity contribution in [1.29, 1.82) is 0 Å². The third-order valence-corrected chi connectivity index (χ3v) is 2.83. The second kappa shape index (κ2) is 7.83. The van der Waals surface area contributed by atoms with Crippen LogP contribution >= 0.6 is 0 Å². The summed E-state index contributed by atoms with van der Waals surface area (Å²) >= 11 is 0. The average molecular weight is 261 g/mol. The number of ketones is 1. The summed E-state index contributed by atoms with van der Waals surface area (Å²) < 4.78 is 5.07. The van der Waals surface area contributed by atoms with Gasteiger partial charge in [-0.1, -0.05) is 18.2 Å². The molecule has 1 unspecified atom stereocenters. The van der Waals surface area contributed by atoms with Gasteiger partial charge < -0.3 is 15.7 Å². The Morgan fingerprint density at radius 2 is 2.37 bits per heavy atom. The Bertz CT molecular complexity index is 448. The zero-order valence-corrected chi connectivity index (χ0v) is 11.2. The molecule has 1 aromatic carbocycles. The summed E-state index contributed by atoms with van der Waals surface area (Å²) in [4.78, 5) is 20.8. The first-order chi connectivity index (χ1) is 9.12. The Labute approximate surface area is 113 Å². The number of hydrogen-bond acceptors (Lipinski definition) is 5. The first-order valence-corrected chi connectivity index (χ1v) is 6.03. The number of rotatable bonds is 4. The van der Waals surface area contributed by atoms with Crippen molar-refractivity contribution < 1.29 is 14.2 Å². The van der Waals surface area contributed by atoms with E-state index in [1.54, 1.807) is 20.6 Å².